The number of guanidine groups is 1. The molecule has 0 radical (unpaired) electrons. The van der Waals surface area contributed by atoms with Gasteiger partial charge in [-0.1, -0.05) is 6.07 Å². The van der Waals surface area contributed by atoms with Crippen molar-refractivity contribution in [3.05, 3.63) is 29.3 Å². The molecule has 5 heteroatoms. The smallest absolute Gasteiger partial charge is 0.193 e. The van der Waals surface area contributed by atoms with E-state index in [4.69, 9.17) is 10.5 Å². The molecule has 2 rings (SSSR count). The number of aryl methyl sites for hydroxylation is 2. The average molecular weight is 375 g/mol. The molecule has 0 bridgehead atoms. The number of benzene rings is 1. The van der Waals surface area contributed by atoms with E-state index in [2.05, 4.69) is 28.5 Å². The van der Waals surface area contributed by atoms with E-state index in [0.29, 0.717) is 12.5 Å². The first-order chi connectivity index (χ1) is 8.79. The number of fused-ring (bicyclic) bond motifs is 1. The third-order valence-corrected chi connectivity index (χ3v) is 3.16. The molecule has 0 saturated heterocycles. The number of anilines is 1. The fraction of sp³-hybridized carbons (Fsp3) is 0.500. The lowest BCUT2D eigenvalue weighted by Gasteiger charge is -2.07. The van der Waals surface area contributed by atoms with Crippen molar-refractivity contribution in [1.29, 1.82) is 0 Å². The summed E-state index contributed by atoms with van der Waals surface area (Å²) < 4.78 is 4.96. The van der Waals surface area contributed by atoms with E-state index in [-0.39, 0.29) is 24.0 Å². The lowest BCUT2D eigenvalue weighted by Crippen LogP contribution is -2.23. The summed E-state index contributed by atoms with van der Waals surface area (Å²) in [5.74, 6) is 0.476. The van der Waals surface area contributed by atoms with Gasteiger partial charge in [-0.25, -0.2) is 0 Å². The topological polar surface area (TPSA) is 59.6 Å². The molecule has 4 nitrogen and oxygen atoms in total. The molecule has 0 heterocycles. The fourth-order valence-corrected chi connectivity index (χ4v) is 2.25. The Bertz CT molecular complexity index is 435. The molecule has 0 saturated carbocycles. The Morgan fingerprint density at radius 1 is 1.37 bits per heavy atom. The van der Waals surface area contributed by atoms with Crippen LogP contribution in [0.3, 0.4) is 0 Å². The molecule has 1 aromatic carbocycles. The van der Waals surface area contributed by atoms with Crippen LogP contribution in [0.4, 0.5) is 5.69 Å². The number of hydrogen-bond acceptors (Lipinski definition) is 2. The Morgan fingerprint density at radius 3 is 2.95 bits per heavy atom. The van der Waals surface area contributed by atoms with Crippen LogP contribution in [-0.2, 0) is 17.6 Å². The Labute approximate surface area is 131 Å². The summed E-state index contributed by atoms with van der Waals surface area (Å²) in [7, 11) is 1.69. The van der Waals surface area contributed by atoms with Crippen LogP contribution < -0.4 is 11.1 Å². The van der Waals surface area contributed by atoms with E-state index >= 15 is 0 Å². The molecule has 19 heavy (non-hydrogen) atoms. The van der Waals surface area contributed by atoms with Gasteiger partial charge in [0, 0.05) is 25.9 Å². The minimum Gasteiger partial charge on any atom is -0.385 e. The van der Waals surface area contributed by atoms with Gasteiger partial charge in [0.2, 0.25) is 0 Å². The number of nitrogens with one attached hydrogen (secondary N) is 1. The number of halogens is 1. The van der Waals surface area contributed by atoms with Crippen molar-refractivity contribution >= 4 is 35.6 Å². The van der Waals surface area contributed by atoms with Crippen molar-refractivity contribution in [2.45, 2.75) is 25.7 Å². The van der Waals surface area contributed by atoms with Crippen LogP contribution in [0.1, 0.15) is 24.0 Å². The van der Waals surface area contributed by atoms with Crippen LogP contribution in [0.2, 0.25) is 0 Å². The molecule has 1 aromatic rings. The average Bonchev–Trinajstić information content (AvgIpc) is 2.82. The molecule has 1 aliphatic rings. The number of nitrogens with two attached hydrogens (primary N) is 1. The van der Waals surface area contributed by atoms with Gasteiger partial charge in [-0.2, -0.15) is 0 Å². The van der Waals surface area contributed by atoms with Gasteiger partial charge in [-0.3, -0.25) is 4.99 Å². The van der Waals surface area contributed by atoms with Gasteiger partial charge in [-0.15, -0.1) is 24.0 Å². The van der Waals surface area contributed by atoms with E-state index in [1.807, 2.05) is 0 Å². The van der Waals surface area contributed by atoms with Crippen molar-refractivity contribution in [3.63, 3.8) is 0 Å². The lowest BCUT2D eigenvalue weighted by atomic mass is 10.1. The molecule has 106 valence electrons. The second-order valence-corrected chi connectivity index (χ2v) is 4.58. The number of methoxy groups -OCH3 is 1. The third kappa shape index (κ3) is 4.99. The summed E-state index contributed by atoms with van der Waals surface area (Å²) in [6.45, 7) is 1.41. The molecule has 0 fully saturated rings. The zero-order valence-electron chi connectivity index (χ0n) is 11.3. The van der Waals surface area contributed by atoms with Crippen LogP contribution >= 0.6 is 24.0 Å². The van der Waals surface area contributed by atoms with Crippen LogP contribution in [0.25, 0.3) is 0 Å². The number of hydrogen-bond donors (Lipinski definition) is 2. The SMILES string of the molecule is COCCCN=C(N)Nc1ccc2c(c1)CCC2.I. The molecule has 0 unspecified atom stereocenters. The first-order valence-corrected chi connectivity index (χ1v) is 6.47. The normalized spacial score (nSPS) is 13.8. The van der Waals surface area contributed by atoms with Gasteiger partial charge in [-0.05, 0) is 48.9 Å². The third-order valence-electron chi connectivity index (χ3n) is 3.16. The largest absolute Gasteiger partial charge is 0.385 e. The molecule has 0 atom stereocenters. The van der Waals surface area contributed by atoms with Crippen molar-refractivity contribution in [2.24, 2.45) is 10.7 Å². The van der Waals surface area contributed by atoms with Crippen LogP contribution in [0, 0.1) is 0 Å². The maximum Gasteiger partial charge on any atom is 0.193 e. The fourth-order valence-electron chi connectivity index (χ4n) is 2.25. The van der Waals surface area contributed by atoms with E-state index < -0.39 is 0 Å². The number of nitrogens with zero attached hydrogens (tertiary/aromatic N) is 1. The second-order valence-electron chi connectivity index (χ2n) is 4.58. The van der Waals surface area contributed by atoms with E-state index in [0.717, 1.165) is 18.7 Å². The highest BCUT2D eigenvalue weighted by Crippen LogP contribution is 2.24. The summed E-state index contributed by atoms with van der Waals surface area (Å²) in [4.78, 5) is 4.25. The van der Waals surface area contributed by atoms with Crippen molar-refractivity contribution in [1.82, 2.24) is 0 Å². The second kappa shape index (κ2) is 8.37. The summed E-state index contributed by atoms with van der Waals surface area (Å²) in [5, 5.41) is 3.14. The quantitative estimate of drug-likeness (QED) is 0.360. The molecular formula is C14H22IN3O. The minimum absolute atomic E-state index is 0. The highest BCUT2D eigenvalue weighted by atomic mass is 127. The van der Waals surface area contributed by atoms with Crippen LogP contribution in [0.15, 0.2) is 23.2 Å². The highest BCUT2D eigenvalue weighted by molar-refractivity contribution is 14.0. The summed E-state index contributed by atoms with van der Waals surface area (Å²) in [6, 6.07) is 6.43. The summed E-state index contributed by atoms with van der Waals surface area (Å²) >= 11 is 0. The van der Waals surface area contributed by atoms with Gasteiger partial charge in [0.25, 0.3) is 0 Å². The Kier molecular flexibility index (Phi) is 7.15. The molecule has 1 aliphatic carbocycles. The maximum absolute atomic E-state index is 5.83. The van der Waals surface area contributed by atoms with E-state index in [9.17, 15) is 0 Å². The summed E-state index contributed by atoms with van der Waals surface area (Å²) in [5.41, 5.74) is 9.77. The molecular weight excluding hydrogens is 353 g/mol. The van der Waals surface area contributed by atoms with Crippen molar-refractivity contribution in [2.75, 3.05) is 25.6 Å². The Morgan fingerprint density at radius 2 is 2.16 bits per heavy atom. The number of rotatable bonds is 5. The first kappa shape index (κ1) is 16.2. The zero-order valence-corrected chi connectivity index (χ0v) is 13.6. The minimum atomic E-state index is 0. The zero-order chi connectivity index (χ0) is 12.8. The summed E-state index contributed by atoms with van der Waals surface area (Å²) in [6.07, 6.45) is 4.54. The van der Waals surface area contributed by atoms with Crippen molar-refractivity contribution in [3.8, 4) is 0 Å². The van der Waals surface area contributed by atoms with Crippen LogP contribution in [0.5, 0.6) is 0 Å². The predicted molar refractivity (Wildman–Crippen MR) is 90.5 cm³/mol. The molecule has 3 N–H and O–H groups in total. The monoisotopic (exact) mass is 375 g/mol. The molecule has 0 aromatic heterocycles. The van der Waals surface area contributed by atoms with Crippen LogP contribution in [-0.4, -0.2) is 26.2 Å². The van der Waals surface area contributed by atoms with Gasteiger partial charge in [0.1, 0.15) is 0 Å². The van der Waals surface area contributed by atoms with Gasteiger partial charge < -0.3 is 15.8 Å². The lowest BCUT2D eigenvalue weighted by molar-refractivity contribution is 0.197. The number of aliphatic imine (C=N–C) groups is 1. The molecule has 0 amide bonds. The molecule has 0 aliphatic heterocycles. The first-order valence-electron chi connectivity index (χ1n) is 6.47. The van der Waals surface area contributed by atoms with E-state index in [1.165, 1.54) is 30.4 Å². The number of ether oxygens (including phenoxy) is 1. The Hall–Kier alpha value is -0.820. The predicted octanol–water partition coefficient (Wildman–Crippen LogP) is 2.56. The van der Waals surface area contributed by atoms with Gasteiger partial charge >= 0.3 is 0 Å². The standard InChI is InChI=1S/C14H21N3O.HI/c1-18-9-3-8-16-14(15)17-13-7-6-11-4-2-5-12(11)10-13;/h6-7,10H,2-5,8-9H2,1H3,(H3,15,16,17);1H. The molecule has 0 spiro atoms. The van der Waals surface area contributed by atoms with Gasteiger partial charge in [0.15, 0.2) is 5.96 Å². The van der Waals surface area contributed by atoms with Gasteiger partial charge in [0.05, 0.1) is 0 Å². The Balaban J connectivity index is 0.00000180. The van der Waals surface area contributed by atoms with Crippen molar-refractivity contribution < 1.29 is 4.74 Å². The highest BCUT2D eigenvalue weighted by Gasteiger charge is 2.10. The van der Waals surface area contributed by atoms with E-state index in [1.54, 1.807) is 7.11 Å². The maximum atomic E-state index is 5.83.